The van der Waals surface area contributed by atoms with Crippen molar-refractivity contribution in [3.8, 4) is 17.7 Å². The van der Waals surface area contributed by atoms with Gasteiger partial charge in [0.05, 0.1) is 16.6 Å². The van der Waals surface area contributed by atoms with Gasteiger partial charge in [-0.25, -0.2) is 4.98 Å². The van der Waals surface area contributed by atoms with Crippen molar-refractivity contribution >= 4 is 17.3 Å². The highest BCUT2D eigenvalue weighted by molar-refractivity contribution is 6.30. The molecule has 1 heterocycles. The molecule has 0 saturated heterocycles. The number of aryl methyl sites for hydroxylation is 1. The van der Waals surface area contributed by atoms with Crippen LogP contribution in [0.4, 0.5) is 5.69 Å². The number of benzene rings is 1. The van der Waals surface area contributed by atoms with Crippen LogP contribution in [0, 0.1) is 28.4 Å². The molecule has 0 N–H and O–H groups in total. The van der Waals surface area contributed by atoms with Crippen LogP contribution in [0.3, 0.4) is 0 Å². The van der Waals surface area contributed by atoms with Gasteiger partial charge in [-0.1, -0.05) is 11.6 Å². The maximum Gasteiger partial charge on any atom is 0.313 e. The minimum atomic E-state index is -0.595. The van der Waals surface area contributed by atoms with E-state index >= 15 is 0 Å². The molecular formula is C13H8ClN3O3. The van der Waals surface area contributed by atoms with Crippen molar-refractivity contribution < 1.29 is 9.66 Å². The van der Waals surface area contributed by atoms with Crippen LogP contribution in [-0.2, 0) is 0 Å². The molecule has 7 heteroatoms. The average Bonchev–Trinajstić information content (AvgIpc) is 2.40. The second-order valence-electron chi connectivity index (χ2n) is 3.92. The number of nitrogens with zero attached hydrogens (tertiary/aromatic N) is 3. The van der Waals surface area contributed by atoms with Crippen molar-refractivity contribution in [2.75, 3.05) is 0 Å². The number of ether oxygens (including phenoxy) is 1. The predicted molar refractivity (Wildman–Crippen MR) is 71.9 cm³/mol. The van der Waals surface area contributed by atoms with E-state index in [1.54, 1.807) is 13.0 Å². The van der Waals surface area contributed by atoms with Gasteiger partial charge >= 0.3 is 5.69 Å². The topological polar surface area (TPSA) is 89.0 Å². The van der Waals surface area contributed by atoms with E-state index in [0.29, 0.717) is 11.3 Å². The number of nitro benzene ring substituents is 1. The molecule has 0 amide bonds. The summed E-state index contributed by atoms with van der Waals surface area (Å²) < 4.78 is 5.39. The van der Waals surface area contributed by atoms with Crippen LogP contribution in [0.15, 0.2) is 30.3 Å². The van der Waals surface area contributed by atoms with Gasteiger partial charge in [0.1, 0.15) is 0 Å². The monoisotopic (exact) mass is 289 g/mol. The van der Waals surface area contributed by atoms with E-state index in [9.17, 15) is 10.1 Å². The van der Waals surface area contributed by atoms with E-state index < -0.39 is 4.92 Å². The molecule has 20 heavy (non-hydrogen) atoms. The Bertz CT molecular complexity index is 725. The summed E-state index contributed by atoms with van der Waals surface area (Å²) in [4.78, 5) is 14.4. The van der Waals surface area contributed by atoms with E-state index in [1.165, 1.54) is 24.3 Å². The predicted octanol–water partition coefficient (Wildman–Crippen LogP) is 3.62. The SMILES string of the molecule is Cc1cc(C#N)cc(Oc2ccc(Cl)cc2[N+](=O)[O-])n1. The van der Waals surface area contributed by atoms with Crippen molar-refractivity contribution in [2.45, 2.75) is 6.92 Å². The molecule has 0 aliphatic carbocycles. The summed E-state index contributed by atoms with van der Waals surface area (Å²) in [5.41, 5.74) is 0.680. The number of pyridine rings is 1. The minimum absolute atomic E-state index is 0.0152. The Balaban J connectivity index is 2.42. The van der Waals surface area contributed by atoms with Crippen molar-refractivity contribution in [1.82, 2.24) is 4.98 Å². The maximum absolute atomic E-state index is 10.9. The molecule has 0 spiro atoms. The zero-order valence-electron chi connectivity index (χ0n) is 10.3. The number of halogens is 1. The highest BCUT2D eigenvalue weighted by Gasteiger charge is 2.17. The van der Waals surface area contributed by atoms with Gasteiger partial charge in [-0.3, -0.25) is 10.1 Å². The molecular weight excluding hydrogens is 282 g/mol. The first-order valence-electron chi connectivity index (χ1n) is 5.50. The summed E-state index contributed by atoms with van der Waals surface area (Å²) in [6, 6.07) is 9.01. The third-order valence-electron chi connectivity index (χ3n) is 2.39. The van der Waals surface area contributed by atoms with Gasteiger partial charge in [0, 0.05) is 22.8 Å². The van der Waals surface area contributed by atoms with Crippen LogP contribution in [0.5, 0.6) is 11.6 Å². The van der Waals surface area contributed by atoms with E-state index in [1.807, 2.05) is 6.07 Å². The molecule has 2 aromatic rings. The first-order chi connectivity index (χ1) is 9.49. The van der Waals surface area contributed by atoms with Gasteiger partial charge in [0.2, 0.25) is 11.6 Å². The van der Waals surface area contributed by atoms with Crippen molar-refractivity contribution in [3.63, 3.8) is 0 Å². The van der Waals surface area contributed by atoms with Gasteiger partial charge in [-0.05, 0) is 25.1 Å². The van der Waals surface area contributed by atoms with Crippen LogP contribution in [0.1, 0.15) is 11.3 Å². The number of hydrogen-bond donors (Lipinski definition) is 0. The zero-order valence-corrected chi connectivity index (χ0v) is 11.1. The smallest absolute Gasteiger partial charge is 0.313 e. The summed E-state index contributed by atoms with van der Waals surface area (Å²) in [6.07, 6.45) is 0. The Morgan fingerprint density at radius 1 is 1.40 bits per heavy atom. The summed E-state index contributed by atoms with van der Waals surface area (Å²) in [6.45, 7) is 1.70. The Morgan fingerprint density at radius 3 is 2.80 bits per heavy atom. The Kier molecular flexibility index (Phi) is 3.82. The number of nitriles is 1. The highest BCUT2D eigenvalue weighted by Crippen LogP contribution is 2.33. The molecule has 0 aliphatic heterocycles. The first-order valence-corrected chi connectivity index (χ1v) is 5.88. The van der Waals surface area contributed by atoms with Crippen LogP contribution >= 0.6 is 11.6 Å². The van der Waals surface area contributed by atoms with E-state index in [2.05, 4.69) is 4.98 Å². The fraction of sp³-hybridized carbons (Fsp3) is 0.0769. The summed E-state index contributed by atoms with van der Waals surface area (Å²) >= 11 is 5.72. The van der Waals surface area contributed by atoms with Crippen molar-refractivity contribution in [2.24, 2.45) is 0 Å². The summed E-state index contributed by atoms with van der Waals surface area (Å²) in [5, 5.41) is 20.1. The van der Waals surface area contributed by atoms with Gasteiger partial charge in [0.15, 0.2) is 0 Å². The maximum atomic E-state index is 10.9. The molecule has 0 fully saturated rings. The molecule has 2 rings (SSSR count). The lowest BCUT2D eigenvalue weighted by Crippen LogP contribution is -1.96. The molecule has 0 radical (unpaired) electrons. The normalized spacial score (nSPS) is 9.85. The third kappa shape index (κ3) is 3.02. The molecule has 100 valence electrons. The minimum Gasteiger partial charge on any atom is -0.432 e. The van der Waals surface area contributed by atoms with Crippen molar-refractivity contribution in [3.05, 3.63) is 56.7 Å². The lowest BCUT2D eigenvalue weighted by molar-refractivity contribution is -0.385. The largest absolute Gasteiger partial charge is 0.432 e. The van der Waals surface area contributed by atoms with E-state index in [4.69, 9.17) is 21.6 Å². The summed E-state index contributed by atoms with van der Waals surface area (Å²) in [5.74, 6) is 0.133. The fourth-order valence-corrected chi connectivity index (χ4v) is 1.75. The number of hydrogen-bond acceptors (Lipinski definition) is 5. The van der Waals surface area contributed by atoms with Crippen LogP contribution in [-0.4, -0.2) is 9.91 Å². The molecule has 0 unspecified atom stereocenters. The Morgan fingerprint density at radius 2 is 2.15 bits per heavy atom. The Hall–Kier alpha value is -2.65. The molecule has 0 saturated carbocycles. The molecule has 1 aromatic heterocycles. The van der Waals surface area contributed by atoms with Crippen LogP contribution in [0.2, 0.25) is 5.02 Å². The molecule has 6 nitrogen and oxygen atoms in total. The second kappa shape index (κ2) is 5.55. The molecule has 0 atom stereocenters. The lowest BCUT2D eigenvalue weighted by Gasteiger charge is -2.06. The second-order valence-corrected chi connectivity index (χ2v) is 4.35. The standard InChI is InChI=1S/C13H8ClN3O3/c1-8-4-9(7-15)5-13(16-8)20-12-3-2-10(14)6-11(12)17(18)19/h2-6H,1H3. The lowest BCUT2D eigenvalue weighted by atomic mass is 10.2. The van der Waals surface area contributed by atoms with Crippen LogP contribution < -0.4 is 4.74 Å². The summed E-state index contributed by atoms with van der Waals surface area (Å²) in [7, 11) is 0. The van der Waals surface area contributed by atoms with Gasteiger partial charge < -0.3 is 4.74 Å². The number of aromatic nitrogens is 1. The molecule has 1 aromatic carbocycles. The first kappa shape index (κ1) is 13.8. The zero-order chi connectivity index (χ0) is 14.7. The molecule has 0 aliphatic rings. The van der Waals surface area contributed by atoms with E-state index in [-0.39, 0.29) is 22.3 Å². The third-order valence-corrected chi connectivity index (χ3v) is 2.63. The number of nitro groups is 1. The van der Waals surface area contributed by atoms with Gasteiger partial charge in [0.25, 0.3) is 0 Å². The Labute approximate surface area is 119 Å². The van der Waals surface area contributed by atoms with Crippen LogP contribution in [0.25, 0.3) is 0 Å². The highest BCUT2D eigenvalue weighted by atomic mass is 35.5. The van der Waals surface area contributed by atoms with Gasteiger partial charge in [-0.15, -0.1) is 0 Å². The van der Waals surface area contributed by atoms with Gasteiger partial charge in [-0.2, -0.15) is 5.26 Å². The van der Waals surface area contributed by atoms with E-state index in [0.717, 1.165) is 0 Å². The van der Waals surface area contributed by atoms with Crippen molar-refractivity contribution in [1.29, 1.82) is 5.26 Å². The number of rotatable bonds is 3. The average molecular weight is 290 g/mol. The molecule has 0 bridgehead atoms. The quantitative estimate of drug-likeness (QED) is 0.636. The fourth-order valence-electron chi connectivity index (χ4n) is 1.59.